The number of ether oxygens (including phenoxy) is 1. The van der Waals surface area contributed by atoms with Crippen molar-refractivity contribution < 1.29 is 13.6 Å². The summed E-state index contributed by atoms with van der Waals surface area (Å²) in [6, 6.07) is -0.689. The fraction of sp³-hybridized carbons (Fsp3) is 0.571. The van der Waals surface area contributed by atoms with Crippen LogP contribution in [0.3, 0.4) is 0 Å². The van der Waals surface area contributed by atoms with Crippen molar-refractivity contribution in [3.63, 3.8) is 0 Å². The molecule has 2 nitrogen and oxygen atoms in total. The van der Waals surface area contributed by atoms with E-state index in [1.165, 1.54) is 0 Å². The number of hydrogen-bond donors (Lipinski definition) is 0. The van der Waals surface area contributed by atoms with Gasteiger partial charge in [0.15, 0.2) is 0 Å². The quantitative estimate of drug-likeness (QED) is 0.328. The monoisotopic (exact) mass is 131 g/mol. The molecule has 0 aliphatic rings. The van der Waals surface area contributed by atoms with Crippen molar-refractivity contribution in [2.24, 2.45) is 0 Å². The van der Waals surface area contributed by atoms with Gasteiger partial charge in [-0.2, -0.15) is 0 Å². The Balaban J connectivity index is 3.81. The smallest absolute Gasteiger partial charge is 0.330 e. The predicted octanol–water partition coefficient (Wildman–Crippen LogP) is 1.52. The maximum atomic E-state index is 10.8. The van der Waals surface area contributed by atoms with Gasteiger partial charge in [-0.1, -0.05) is 19.9 Å². The van der Waals surface area contributed by atoms with Gasteiger partial charge in [0, 0.05) is 6.05 Å². The fourth-order valence-corrected chi connectivity index (χ4v) is 0.345. The largest absolute Gasteiger partial charge is 0.463 e. The van der Waals surface area contributed by atoms with E-state index in [9.17, 15) is 4.79 Å². The van der Waals surface area contributed by atoms with E-state index in [1.807, 2.05) is 6.92 Å². The van der Waals surface area contributed by atoms with Gasteiger partial charge in [0.2, 0.25) is 0 Å². The summed E-state index contributed by atoms with van der Waals surface area (Å²) < 4.78 is 24.8. The Bertz CT molecular complexity index is 185. The Hall–Kier alpha value is -0.790. The van der Waals surface area contributed by atoms with Gasteiger partial charge in [0.1, 0.15) is 0 Å². The Morgan fingerprint density at radius 2 is 2.89 bits per heavy atom. The highest BCUT2D eigenvalue weighted by Crippen LogP contribution is 1.88. The number of esters is 1. The second-order valence-electron chi connectivity index (χ2n) is 1.61. The molecule has 0 aromatic carbocycles. The van der Waals surface area contributed by atoms with E-state index < -0.39 is 18.6 Å². The number of rotatable bonds is 4. The van der Waals surface area contributed by atoms with Crippen LogP contribution in [0.4, 0.5) is 0 Å². The van der Waals surface area contributed by atoms with Crippen LogP contribution >= 0.6 is 0 Å². The van der Waals surface area contributed by atoms with Gasteiger partial charge in [0.05, 0.1) is 10.7 Å². The normalized spacial score (nSPS) is 12.8. The molecule has 0 unspecified atom stereocenters. The van der Waals surface area contributed by atoms with E-state index in [2.05, 4.69) is 4.74 Å². The number of hydrogen-bond acceptors (Lipinski definition) is 2. The first-order valence-corrected chi connectivity index (χ1v) is 2.90. The van der Waals surface area contributed by atoms with E-state index in [-0.39, 0.29) is 6.61 Å². The first-order chi connectivity index (χ1) is 5.59. The lowest BCUT2D eigenvalue weighted by molar-refractivity contribution is -0.137. The van der Waals surface area contributed by atoms with Crippen LogP contribution in [0.15, 0.2) is 12.6 Å². The molecule has 52 valence electrons. The molecule has 0 radical (unpaired) electrons. The summed E-state index contributed by atoms with van der Waals surface area (Å²) in [6.07, 6.45) is 1.64. The molecule has 0 fully saturated rings. The SMILES string of the molecule is [2H]C([2H])=C([2H])C(=O)OCCCC. The lowest BCUT2D eigenvalue weighted by atomic mass is 10.4. The van der Waals surface area contributed by atoms with Gasteiger partial charge in [-0.25, -0.2) is 4.79 Å². The Morgan fingerprint density at radius 3 is 3.44 bits per heavy atom. The zero-order valence-electron chi connectivity index (χ0n) is 8.44. The molecule has 0 aliphatic carbocycles. The molecule has 0 aliphatic heterocycles. The van der Waals surface area contributed by atoms with E-state index in [4.69, 9.17) is 4.11 Å². The summed E-state index contributed by atoms with van der Waals surface area (Å²) in [5.41, 5.74) is 0. The van der Waals surface area contributed by atoms with E-state index in [1.54, 1.807) is 0 Å². The topological polar surface area (TPSA) is 26.3 Å². The molecule has 0 aromatic rings. The Kier molecular flexibility index (Phi) is 2.43. The first-order valence-electron chi connectivity index (χ1n) is 4.40. The molecular formula is C7H12O2. The minimum atomic E-state index is -0.886. The van der Waals surface area contributed by atoms with E-state index in [0.29, 0.717) is 0 Å². The van der Waals surface area contributed by atoms with Crippen LogP contribution in [0, 0.1) is 0 Å². The molecule has 0 N–H and O–H groups in total. The third-order valence-electron chi connectivity index (χ3n) is 0.833. The summed E-state index contributed by atoms with van der Waals surface area (Å²) in [5, 5.41) is 0. The molecule has 0 aromatic heterocycles. The third-order valence-corrected chi connectivity index (χ3v) is 0.833. The van der Waals surface area contributed by atoms with Crippen LogP contribution in [-0.2, 0) is 9.53 Å². The van der Waals surface area contributed by atoms with Gasteiger partial charge in [0.25, 0.3) is 0 Å². The van der Waals surface area contributed by atoms with Gasteiger partial charge < -0.3 is 4.74 Å². The summed E-state index contributed by atoms with van der Waals surface area (Å²) in [5.74, 6) is -0.886. The molecular weight excluding hydrogens is 116 g/mol. The zero-order chi connectivity index (χ0) is 9.56. The molecule has 0 amide bonds. The molecule has 0 rings (SSSR count). The van der Waals surface area contributed by atoms with Crippen LogP contribution in [-0.4, -0.2) is 12.6 Å². The van der Waals surface area contributed by atoms with Gasteiger partial charge in [-0.3, -0.25) is 0 Å². The second kappa shape index (κ2) is 5.35. The van der Waals surface area contributed by atoms with Crippen LogP contribution in [0.2, 0.25) is 0 Å². The second-order valence-corrected chi connectivity index (χ2v) is 1.61. The molecule has 2 heteroatoms. The van der Waals surface area contributed by atoms with Crippen LogP contribution < -0.4 is 0 Å². The predicted molar refractivity (Wildman–Crippen MR) is 36.1 cm³/mol. The van der Waals surface area contributed by atoms with Crippen molar-refractivity contribution >= 4 is 5.97 Å². The van der Waals surface area contributed by atoms with Gasteiger partial charge >= 0.3 is 5.97 Å². The lowest BCUT2D eigenvalue weighted by Crippen LogP contribution is -2.00. The number of carbonyl (C=O) groups excluding carboxylic acids is 1. The first kappa shape index (κ1) is 4.09. The number of unbranched alkanes of at least 4 members (excludes halogenated alkanes) is 1. The van der Waals surface area contributed by atoms with Gasteiger partial charge in [-0.05, 0) is 6.42 Å². The highest BCUT2D eigenvalue weighted by molar-refractivity contribution is 5.81. The van der Waals surface area contributed by atoms with Gasteiger partial charge in [-0.15, -0.1) is 0 Å². The van der Waals surface area contributed by atoms with Crippen molar-refractivity contribution in [2.75, 3.05) is 6.61 Å². The highest BCUT2D eigenvalue weighted by Gasteiger charge is 1.91. The summed E-state index contributed by atoms with van der Waals surface area (Å²) in [7, 11) is 0. The van der Waals surface area contributed by atoms with Crippen molar-refractivity contribution in [3.05, 3.63) is 12.6 Å². The van der Waals surface area contributed by atoms with Crippen molar-refractivity contribution in [1.82, 2.24) is 0 Å². The average molecular weight is 131 g/mol. The van der Waals surface area contributed by atoms with Crippen LogP contribution in [0.1, 0.15) is 23.9 Å². The van der Waals surface area contributed by atoms with Crippen molar-refractivity contribution in [3.8, 4) is 0 Å². The number of carbonyl (C=O) groups is 1. The standard InChI is InChI=1S/C7H12O2/c1-3-5-6-9-7(8)4-2/h4H,2-3,5-6H2,1H3/i2D2,4D. The van der Waals surface area contributed by atoms with E-state index in [0.717, 1.165) is 12.8 Å². The summed E-state index contributed by atoms with van der Waals surface area (Å²) >= 11 is 0. The summed E-state index contributed by atoms with van der Waals surface area (Å²) in [6.45, 7) is 1.40. The van der Waals surface area contributed by atoms with Crippen LogP contribution in [0.5, 0.6) is 0 Å². The third kappa shape index (κ3) is 5.07. The molecule has 0 saturated carbocycles. The molecule has 0 spiro atoms. The lowest BCUT2D eigenvalue weighted by Gasteiger charge is -1.97. The summed E-state index contributed by atoms with van der Waals surface area (Å²) in [4.78, 5) is 10.8. The zero-order valence-corrected chi connectivity index (χ0v) is 5.44. The average Bonchev–Trinajstić information content (AvgIpc) is 2.03. The van der Waals surface area contributed by atoms with Crippen molar-refractivity contribution in [2.45, 2.75) is 19.8 Å². The maximum Gasteiger partial charge on any atom is 0.330 e. The molecule has 0 saturated heterocycles. The molecule has 0 bridgehead atoms. The molecule has 9 heavy (non-hydrogen) atoms. The maximum absolute atomic E-state index is 10.8. The minimum absolute atomic E-state index is 0.255. The minimum Gasteiger partial charge on any atom is -0.463 e. The fourth-order valence-electron chi connectivity index (χ4n) is 0.345. The molecule has 0 atom stereocenters. The van der Waals surface area contributed by atoms with E-state index >= 15 is 0 Å². The molecule has 0 heterocycles. The van der Waals surface area contributed by atoms with Crippen molar-refractivity contribution in [1.29, 1.82) is 0 Å². The Morgan fingerprint density at radius 1 is 2.11 bits per heavy atom. The van der Waals surface area contributed by atoms with Crippen LogP contribution in [0.25, 0.3) is 0 Å². The Labute approximate surface area is 59.7 Å². The highest BCUT2D eigenvalue weighted by atomic mass is 16.5.